The predicted octanol–water partition coefficient (Wildman–Crippen LogP) is 3.74. The molecule has 2 aliphatic rings. The highest BCUT2D eigenvalue weighted by atomic mass is 16.6. The average Bonchev–Trinajstić information content (AvgIpc) is 2.88. The lowest BCUT2D eigenvalue weighted by Crippen LogP contribution is -2.44. The lowest BCUT2D eigenvalue weighted by Gasteiger charge is -2.28. The smallest absolute Gasteiger partial charge is 0.408 e. The van der Waals surface area contributed by atoms with E-state index in [9.17, 15) is 4.79 Å². The molecule has 126 valence electrons. The Morgan fingerprint density at radius 2 is 1.91 bits per heavy atom. The van der Waals surface area contributed by atoms with E-state index in [4.69, 9.17) is 4.74 Å². The third-order valence-electron chi connectivity index (χ3n) is 5.26. The molecule has 3 rings (SSSR count). The van der Waals surface area contributed by atoms with Crippen LogP contribution in [0.1, 0.15) is 52.6 Å². The highest BCUT2D eigenvalue weighted by Gasteiger charge is 2.73. The quantitative estimate of drug-likeness (QED) is 0.923. The molecule has 0 spiro atoms. The number of carbonyl (C=O) groups excluding carboxylic acids is 1. The summed E-state index contributed by atoms with van der Waals surface area (Å²) < 4.78 is 5.88. The zero-order chi connectivity index (χ0) is 16.9. The largest absolute Gasteiger partial charge is 0.441 e. The number of hydrogen-bond acceptors (Lipinski definition) is 3. The van der Waals surface area contributed by atoms with Gasteiger partial charge in [-0.05, 0) is 39.7 Å². The van der Waals surface area contributed by atoms with Gasteiger partial charge in [-0.25, -0.2) is 4.79 Å². The fourth-order valence-electron chi connectivity index (χ4n) is 3.78. The number of alkyl carbamates (subject to hydrolysis) is 1. The van der Waals surface area contributed by atoms with Crippen molar-refractivity contribution in [3.63, 3.8) is 0 Å². The van der Waals surface area contributed by atoms with Crippen LogP contribution < -0.4 is 5.32 Å². The summed E-state index contributed by atoms with van der Waals surface area (Å²) in [5.41, 5.74) is 0.817. The summed E-state index contributed by atoms with van der Waals surface area (Å²) in [7, 11) is 0. The maximum atomic E-state index is 12.2. The van der Waals surface area contributed by atoms with Gasteiger partial charge in [-0.2, -0.15) is 0 Å². The van der Waals surface area contributed by atoms with Crippen molar-refractivity contribution in [2.45, 2.75) is 58.2 Å². The molecule has 1 saturated carbocycles. The number of hydrogen-bond donors (Lipinski definition) is 1. The van der Waals surface area contributed by atoms with Gasteiger partial charge in [0.25, 0.3) is 0 Å². The number of piperidine rings is 1. The fraction of sp³-hybridized carbons (Fsp3) is 0.632. The van der Waals surface area contributed by atoms with E-state index in [0.29, 0.717) is 6.04 Å². The molecule has 1 heterocycles. The number of nitrogens with one attached hydrogen (secondary N) is 1. The summed E-state index contributed by atoms with van der Waals surface area (Å²) >= 11 is 0. The van der Waals surface area contributed by atoms with Crippen LogP contribution in [0.5, 0.6) is 0 Å². The van der Waals surface area contributed by atoms with E-state index in [-0.39, 0.29) is 22.6 Å². The summed E-state index contributed by atoms with van der Waals surface area (Å²) in [6, 6.07) is 10.9. The molecule has 0 aromatic heterocycles. The normalized spacial score (nSPS) is 31.3. The van der Waals surface area contributed by atoms with Crippen LogP contribution in [0, 0.1) is 5.41 Å². The van der Waals surface area contributed by atoms with E-state index < -0.39 is 0 Å². The summed E-state index contributed by atoms with van der Waals surface area (Å²) in [5, 5.41) is 2.91. The third-order valence-corrected chi connectivity index (χ3v) is 5.26. The molecule has 4 nitrogen and oxygen atoms in total. The van der Waals surface area contributed by atoms with Crippen LogP contribution in [0.25, 0.3) is 0 Å². The second-order valence-corrected chi connectivity index (χ2v) is 8.49. The molecule has 0 bridgehead atoms. The molecule has 3 unspecified atom stereocenters. The van der Waals surface area contributed by atoms with Gasteiger partial charge >= 0.3 is 6.09 Å². The number of rotatable bonds is 3. The van der Waals surface area contributed by atoms with Crippen LogP contribution in [-0.4, -0.2) is 35.2 Å². The zero-order valence-electron chi connectivity index (χ0n) is 14.8. The third kappa shape index (κ3) is 3.09. The Morgan fingerprint density at radius 1 is 1.26 bits per heavy atom. The van der Waals surface area contributed by atoms with E-state index in [2.05, 4.69) is 48.3 Å². The van der Waals surface area contributed by atoms with Crippen molar-refractivity contribution in [3.05, 3.63) is 35.9 Å². The number of nitrogens with zero attached hydrogens (tertiary/aromatic N) is 1. The van der Waals surface area contributed by atoms with Gasteiger partial charge in [0.1, 0.15) is 5.60 Å². The second-order valence-electron chi connectivity index (χ2n) is 8.49. The Morgan fingerprint density at radius 3 is 2.52 bits per heavy atom. The Labute approximate surface area is 139 Å². The maximum absolute atomic E-state index is 12.2. The molecule has 23 heavy (non-hydrogen) atoms. The lowest BCUT2D eigenvalue weighted by atomic mass is 10.1. The molecule has 1 amide bonds. The first-order valence-corrected chi connectivity index (χ1v) is 8.44. The molecular weight excluding hydrogens is 288 g/mol. The number of ether oxygens (including phenoxy) is 1. The van der Waals surface area contributed by atoms with Crippen LogP contribution in [0.3, 0.4) is 0 Å². The zero-order valence-corrected chi connectivity index (χ0v) is 14.8. The van der Waals surface area contributed by atoms with Crippen LogP contribution in [0.15, 0.2) is 30.3 Å². The number of amides is 1. The van der Waals surface area contributed by atoms with Crippen molar-refractivity contribution >= 4 is 6.09 Å². The van der Waals surface area contributed by atoms with Gasteiger partial charge in [0.2, 0.25) is 0 Å². The molecule has 0 radical (unpaired) electrons. The van der Waals surface area contributed by atoms with Gasteiger partial charge in [-0.15, -0.1) is 0 Å². The van der Waals surface area contributed by atoms with E-state index in [1.165, 1.54) is 5.56 Å². The van der Waals surface area contributed by atoms with Crippen LogP contribution >= 0.6 is 0 Å². The summed E-state index contributed by atoms with van der Waals surface area (Å²) in [6.45, 7) is 12.2. The minimum atomic E-state index is -0.314. The molecule has 1 aliphatic heterocycles. The van der Waals surface area contributed by atoms with Crippen LogP contribution in [-0.2, 0) is 4.74 Å². The van der Waals surface area contributed by atoms with E-state index in [0.717, 1.165) is 19.5 Å². The molecule has 1 aromatic carbocycles. The molecule has 1 aliphatic carbocycles. The van der Waals surface area contributed by atoms with Crippen molar-refractivity contribution in [1.82, 2.24) is 10.2 Å². The highest BCUT2D eigenvalue weighted by Crippen LogP contribution is 2.64. The second kappa shape index (κ2) is 5.23. The molecule has 1 N–H and O–H groups in total. The lowest BCUT2D eigenvalue weighted by molar-refractivity contribution is 0.0580. The van der Waals surface area contributed by atoms with Crippen molar-refractivity contribution in [2.24, 2.45) is 5.41 Å². The number of benzene rings is 1. The van der Waals surface area contributed by atoms with Crippen molar-refractivity contribution < 1.29 is 9.53 Å². The summed E-state index contributed by atoms with van der Waals surface area (Å²) in [4.78, 5) is 14.6. The van der Waals surface area contributed by atoms with E-state index in [1.807, 2.05) is 26.8 Å². The summed E-state index contributed by atoms with van der Waals surface area (Å²) in [5.74, 6) is 0. The van der Waals surface area contributed by atoms with Crippen molar-refractivity contribution in [3.8, 4) is 0 Å². The van der Waals surface area contributed by atoms with Gasteiger partial charge in [0.15, 0.2) is 0 Å². The minimum Gasteiger partial charge on any atom is -0.441 e. The van der Waals surface area contributed by atoms with Gasteiger partial charge in [0, 0.05) is 30.1 Å². The molecule has 2 fully saturated rings. The monoisotopic (exact) mass is 316 g/mol. The van der Waals surface area contributed by atoms with Crippen molar-refractivity contribution in [2.75, 3.05) is 13.1 Å². The number of likely N-dealkylation sites (tertiary alicyclic amines) is 1. The Balaban J connectivity index is 1.67. The van der Waals surface area contributed by atoms with E-state index in [1.54, 1.807) is 0 Å². The topological polar surface area (TPSA) is 41.6 Å². The Bertz CT molecular complexity index is 595. The maximum Gasteiger partial charge on any atom is 0.408 e. The number of fused-ring (bicyclic) bond motifs is 1. The first kappa shape index (κ1) is 16.3. The summed E-state index contributed by atoms with van der Waals surface area (Å²) in [6.07, 6.45) is 0.672. The predicted molar refractivity (Wildman–Crippen MR) is 91.3 cm³/mol. The first-order valence-electron chi connectivity index (χ1n) is 8.44. The van der Waals surface area contributed by atoms with Gasteiger partial charge in [-0.3, -0.25) is 4.90 Å². The molecule has 1 aromatic rings. The average molecular weight is 316 g/mol. The Hall–Kier alpha value is -1.55. The minimum absolute atomic E-state index is 0.0886. The van der Waals surface area contributed by atoms with Gasteiger partial charge in [0.05, 0.1) is 0 Å². The number of carbonyl (C=O) groups is 1. The molecule has 3 atom stereocenters. The molecule has 4 heteroatoms. The van der Waals surface area contributed by atoms with Crippen LogP contribution in [0.4, 0.5) is 4.79 Å². The standard InChI is InChI=1S/C19H28N2O2/c1-14(15-9-7-6-8-10-15)21-12-18(5)11-19(18,13-21)23-16(22)20-17(2,3)4/h6-10,14H,11-13H2,1-5H3,(H,20,22). The molecular formula is C19H28N2O2. The van der Waals surface area contributed by atoms with Gasteiger partial charge in [-0.1, -0.05) is 37.3 Å². The molecule has 1 saturated heterocycles. The SMILES string of the molecule is CC(c1ccccc1)N1CC2(C)CC2(OC(=O)NC(C)(C)C)C1. The van der Waals surface area contributed by atoms with Crippen LogP contribution in [0.2, 0.25) is 0 Å². The first-order chi connectivity index (χ1) is 10.6. The highest BCUT2D eigenvalue weighted by molar-refractivity contribution is 5.69. The Kier molecular flexibility index (Phi) is 3.71. The van der Waals surface area contributed by atoms with Gasteiger partial charge < -0.3 is 10.1 Å². The van der Waals surface area contributed by atoms with Crippen molar-refractivity contribution in [1.29, 1.82) is 0 Å². The fourth-order valence-corrected chi connectivity index (χ4v) is 3.78. The van der Waals surface area contributed by atoms with E-state index >= 15 is 0 Å².